The Kier molecular flexibility index (Phi) is 7.84. The molecule has 10 nitrogen and oxygen atoms in total. The second kappa shape index (κ2) is 11.8. The molecule has 0 aliphatic carbocycles. The van der Waals surface area contributed by atoms with Crippen molar-refractivity contribution in [2.24, 2.45) is 7.05 Å². The second-order valence-electron chi connectivity index (χ2n) is 10.5. The highest BCUT2D eigenvalue weighted by Gasteiger charge is 2.20. The minimum absolute atomic E-state index is 0.291. The molecule has 1 aliphatic heterocycles. The maximum atomic E-state index is 13.3. The molecule has 6 rings (SSSR count). The molecule has 0 radical (unpaired) electrons. The number of fused-ring (bicyclic) bond motifs is 1. The fourth-order valence-electron chi connectivity index (χ4n) is 5.00. The van der Waals surface area contributed by atoms with Crippen LogP contribution in [0.15, 0.2) is 73.2 Å². The van der Waals surface area contributed by atoms with Crippen molar-refractivity contribution in [2.75, 3.05) is 38.5 Å². The number of piperazine rings is 1. The molecule has 0 saturated carbocycles. The number of nitrogens with zero attached hydrogens (tertiary/aromatic N) is 7. The van der Waals surface area contributed by atoms with E-state index >= 15 is 0 Å². The zero-order valence-electron chi connectivity index (χ0n) is 23.8. The van der Waals surface area contributed by atoms with E-state index in [-0.39, 0.29) is 5.91 Å². The zero-order valence-corrected chi connectivity index (χ0v) is 24.5. The van der Waals surface area contributed by atoms with Crippen LogP contribution in [0.4, 0.5) is 5.69 Å². The van der Waals surface area contributed by atoms with Gasteiger partial charge in [0.05, 0.1) is 16.7 Å². The van der Waals surface area contributed by atoms with Crippen molar-refractivity contribution in [2.45, 2.75) is 13.5 Å². The van der Waals surface area contributed by atoms with Crippen molar-refractivity contribution in [3.05, 3.63) is 94.9 Å². The molecule has 0 unspecified atom stereocenters. The van der Waals surface area contributed by atoms with Gasteiger partial charge in [-0.3, -0.25) is 14.7 Å². The third-order valence-electron chi connectivity index (χ3n) is 7.50. The van der Waals surface area contributed by atoms with Gasteiger partial charge in [0, 0.05) is 56.4 Å². The van der Waals surface area contributed by atoms with E-state index in [0.717, 1.165) is 43.9 Å². The number of benzene rings is 2. The Bertz CT molecular complexity index is 1750. The zero-order chi connectivity index (χ0) is 29.2. The molecule has 2 aromatic carbocycles. The van der Waals surface area contributed by atoms with E-state index in [9.17, 15) is 4.79 Å². The molecular formula is C31H32ClN8O2+. The van der Waals surface area contributed by atoms with Crippen molar-refractivity contribution in [1.82, 2.24) is 29.3 Å². The van der Waals surface area contributed by atoms with Crippen LogP contribution in [-0.4, -0.2) is 68.4 Å². The van der Waals surface area contributed by atoms with Crippen molar-refractivity contribution < 1.29 is 14.2 Å². The molecule has 42 heavy (non-hydrogen) atoms. The van der Waals surface area contributed by atoms with Crippen molar-refractivity contribution >= 4 is 28.8 Å². The van der Waals surface area contributed by atoms with E-state index in [2.05, 4.69) is 50.1 Å². The summed E-state index contributed by atoms with van der Waals surface area (Å²) < 4.78 is 9.79. The maximum Gasteiger partial charge on any atom is 0.361 e. The Morgan fingerprint density at radius 2 is 1.81 bits per heavy atom. The maximum absolute atomic E-state index is 13.3. The molecule has 0 atom stereocenters. The van der Waals surface area contributed by atoms with E-state index in [4.69, 9.17) is 16.3 Å². The standard InChI is InChI=1S/C31H31ClN8O2/c1-21-18-24(5-4-23(21)20-39-16-14-37(2)15-17-39)34-30(41)26-19-25(6-7-27(26)32)42-31-36-29(22-8-11-33-12-9-22)35-28-10-13-38(3)40(28)31/h4-13,18-19H,14-17,20H2,1-3H3/p+1. The van der Waals surface area contributed by atoms with Crippen LogP contribution in [0.3, 0.4) is 0 Å². The predicted molar refractivity (Wildman–Crippen MR) is 161 cm³/mol. The lowest BCUT2D eigenvalue weighted by Gasteiger charge is -2.32. The number of anilines is 1. The first-order chi connectivity index (χ1) is 20.3. The summed E-state index contributed by atoms with van der Waals surface area (Å²) in [5, 5.41) is 3.31. The molecular weight excluding hydrogens is 552 g/mol. The summed E-state index contributed by atoms with van der Waals surface area (Å²) in [5.74, 6) is 0.586. The molecule has 214 valence electrons. The van der Waals surface area contributed by atoms with Crippen LogP contribution in [0.5, 0.6) is 11.8 Å². The molecule has 0 spiro atoms. The number of rotatable bonds is 7. The number of carbonyl (C=O) groups is 1. The first kappa shape index (κ1) is 27.8. The van der Waals surface area contributed by atoms with Crippen molar-refractivity contribution in [3.63, 3.8) is 0 Å². The number of aromatic nitrogens is 5. The van der Waals surface area contributed by atoms with E-state index in [0.29, 0.717) is 39.5 Å². The Morgan fingerprint density at radius 1 is 1.02 bits per heavy atom. The summed E-state index contributed by atoms with van der Waals surface area (Å²) in [4.78, 5) is 31.6. The van der Waals surface area contributed by atoms with Crippen LogP contribution in [-0.2, 0) is 13.6 Å². The number of ether oxygens (including phenoxy) is 1. The lowest BCUT2D eigenvalue weighted by molar-refractivity contribution is -0.738. The number of halogens is 1. The average Bonchev–Trinajstić information content (AvgIpc) is 3.37. The molecule has 1 amide bonds. The smallest absolute Gasteiger partial charge is 0.361 e. The molecule has 1 N–H and O–H groups in total. The van der Waals surface area contributed by atoms with Crippen molar-refractivity contribution in [3.8, 4) is 23.1 Å². The predicted octanol–water partition coefficient (Wildman–Crippen LogP) is 4.37. The largest absolute Gasteiger partial charge is 0.422 e. The monoisotopic (exact) mass is 583 g/mol. The van der Waals surface area contributed by atoms with Crippen LogP contribution in [0.25, 0.3) is 17.0 Å². The lowest BCUT2D eigenvalue weighted by Crippen LogP contribution is -2.43. The summed E-state index contributed by atoms with van der Waals surface area (Å²) in [6.07, 6.45) is 5.24. The van der Waals surface area contributed by atoms with Gasteiger partial charge in [-0.15, -0.1) is 4.68 Å². The van der Waals surface area contributed by atoms with Gasteiger partial charge in [0.1, 0.15) is 5.75 Å². The lowest BCUT2D eigenvalue weighted by atomic mass is 10.1. The van der Waals surface area contributed by atoms with Gasteiger partial charge < -0.3 is 15.0 Å². The minimum Gasteiger partial charge on any atom is -0.422 e. The highest BCUT2D eigenvalue weighted by molar-refractivity contribution is 6.34. The number of hydrogen-bond donors (Lipinski definition) is 1. The van der Waals surface area contributed by atoms with E-state index < -0.39 is 0 Å². The van der Waals surface area contributed by atoms with Gasteiger partial charge in [-0.1, -0.05) is 17.7 Å². The SMILES string of the molecule is Cc1cc(NC(=O)c2cc(Oc3nc(-c4ccncc4)nc4cc[n+](C)n34)ccc2Cl)ccc1CN1CCN(C)CC1. The first-order valence-electron chi connectivity index (χ1n) is 13.8. The number of aryl methyl sites for hydroxylation is 2. The molecule has 4 heterocycles. The number of amides is 1. The van der Waals surface area contributed by atoms with E-state index in [1.165, 1.54) is 5.56 Å². The Hall–Kier alpha value is -4.38. The quantitative estimate of drug-likeness (QED) is 0.285. The number of likely N-dealkylation sites (N-methyl/N-ethyl adjacent to an activating group) is 1. The normalized spacial score (nSPS) is 14.3. The summed E-state index contributed by atoms with van der Waals surface area (Å²) >= 11 is 6.48. The van der Waals surface area contributed by atoms with Gasteiger partial charge in [0.2, 0.25) is 5.65 Å². The first-order valence-corrected chi connectivity index (χ1v) is 14.2. The Labute approximate surface area is 249 Å². The van der Waals surface area contributed by atoms with Crippen LogP contribution >= 0.6 is 11.6 Å². The summed E-state index contributed by atoms with van der Waals surface area (Å²) in [5.41, 5.74) is 4.86. The second-order valence-corrected chi connectivity index (χ2v) is 11.0. The van der Waals surface area contributed by atoms with E-state index in [1.54, 1.807) is 35.1 Å². The average molecular weight is 584 g/mol. The number of nitrogens with one attached hydrogen (secondary N) is 1. The highest BCUT2D eigenvalue weighted by atomic mass is 35.5. The van der Waals surface area contributed by atoms with Gasteiger partial charge in [-0.2, -0.15) is 4.98 Å². The molecule has 11 heteroatoms. The number of hydrogen-bond acceptors (Lipinski definition) is 7. The third-order valence-corrected chi connectivity index (χ3v) is 7.83. The molecule has 1 fully saturated rings. The third kappa shape index (κ3) is 5.96. The number of carbonyl (C=O) groups excluding carboxylic acids is 1. The molecule has 0 bridgehead atoms. The Balaban J connectivity index is 1.22. The summed E-state index contributed by atoms with van der Waals surface area (Å²) in [6.45, 7) is 7.24. The summed E-state index contributed by atoms with van der Waals surface area (Å²) in [6, 6.07) is 16.8. The van der Waals surface area contributed by atoms with Gasteiger partial charge in [-0.25, -0.2) is 4.98 Å². The van der Waals surface area contributed by atoms with Crippen LogP contribution in [0.1, 0.15) is 21.5 Å². The van der Waals surface area contributed by atoms with Crippen molar-refractivity contribution in [1.29, 1.82) is 0 Å². The fourth-order valence-corrected chi connectivity index (χ4v) is 5.21. The minimum atomic E-state index is -0.325. The molecule has 1 aliphatic rings. The van der Waals surface area contributed by atoms with Crippen LogP contribution in [0.2, 0.25) is 5.02 Å². The Morgan fingerprint density at radius 3 is 2.57 bits per heavy atom. The fraction of sp³-hybridized carbons (Fsp3) is 0.258. The number of pyridine rings is 1. The summed E-state index contributed by atoms with van der Waals surface area (Å²) in [7, 11) is 4.03. The van der Waals surface area contributed by atoms with Gasteiger partial charge >= 0.3 is 6.01 Å². The van der Waals surface area contributed by atoms with Gasteiger partial charge in [0.25, 0.3) is 5.91 Å². The molecule has 1 saturated heterocycles. The topological polar surface area (TPSA) is 91.8 Å². The van der Waals surface area contributed by atoms with Crippen LogP contribution in [0, 0.1) is 6.92 Å². The highest BCUT2D eigenvalue weighted by Crippen LogP contribution is 2.28. The molecule has 5 aromatic rings. The van der Waals surface area contributed by atoms with Gasteiger partial charge in [-0.05, 0) is 72.1 Å². The van der Waals surface area contributed by atoms with Gasteiger partial charge in [0.15, 0.2) is 19.1 Å². The molecule has 3 aromatic heterocycles. The van der Waals surface area contributed by atoms with E-state index in [1.807, 2.05) is 48.3 Å². The van der Waals surface area contributed by atoms with Crippen LogP contribution < -0.4 is 14.7 Å².